The summed E-state index contributed by atoms with van der Waals surface area (Å²) in [5.74, 6) is 0.936. The van der Waals surface area contributed by atoms with Gasteiger partial charge in [0.05, 0.1) is 18.1 Å². The van der Waals surface area contributed by atoms with Crippen LogP contribution in [0.15, 0.2) is 30.3 Å². The van der Waals surface area contributed by atoms with Gasteiger partial charge in [0.25, 0.3) is 0 Å². The summed E-state index contributed by atoms with van der Waals surface area (Å²) in [5.41, 5.74) is 0.656. The van der Waals surface area contributed by atoms with Crippen LogP contribution < -0.4 is 0 Å². The molecule has 4 heteroatoms. The topological polar surface area (TPSA) is 49.8 Å². The van der Waals surface area contributed by atoms with E-state index in [1.165, 1.54) is 0 Å². The molecule has 7 atom stereocenters. The van der Waals surface area contributed by atoms with Crippen LogP contribution in [0.2, 0.25) is 0 Å². The number of fused-ring (bicyclic) bond motifs is 2. The average molecular weight is 299 g/mol. The number of benzene rings is 1. The highest BCUT2D eigenvalue weighted by Crippen LogP contribution is 2.68. The van der Waals surface area contributed by atoms with Crippen molar-refractivity contribution in [3.8, 4) is 0 Å². The molecule has 2 aliphatic heterocycles. The number of hydrogen-bond acceptors (Lipinski definition) is 3. The molecule has 0 aromatic heterocycles. The summed E-state index contributed by atoms with van der Waals surface area (Å²) in [6, 6.07) is 10.1. The van der Waals surface area contributed by atoms with E-state index in [4.69, 9.17) is 4.74 Å². The Kier molecular flexibility index (Phi) is 2.45. The van der Waals surface area contributed by atoms with Crippen LogP contribution in [0, 0.1) is 23.7 Å². The minimum Gasteiger partial charge on any atom is -0.390 e. The van der Waals surface area contributed by atoms with Crippen molar-refractivity contribution in [1.29, 1.82) is 0 Å². The monoisotopic (exact) mass is 299 g/mol. The molecule has 0 unspecified atom stereocenters. The Labute approximate surface area is 130 Å². The van der Waals surface area contributed by atoms with E-state index in [2.05, 4.69) is 19.1 Å². The van der Waals surface area contributed by atoms with Crippen LogP contribution in [0.4, 0.5) is 0 Å². The molecule has 4 fully saturated rings. The van der Waals surface area contributed by atoms with Gasteiger partial charge in [-0.05, 0) is 30.2 Å². The molecule has 4 aliphatic rings. The van der Waals surface area contributed by atoms with E-state index in [-0.39, 0.29) is 29.8 Å². The van der Waals surface area contributed by atoms with Gasteiger partial charge in [-0.1, -0.05) is 37.3 Å². The third-order valence-electron chi connectivity index (χ3n) is 6.61. The third-order valence-corrected chi connectivity index (χ3v) is 6.61. The average Bonchev–Trinajstić information content (AvgIpc) is 3.20. The molecular weight excluding hydrogens is 278 g/mol. The number of ether oxygens (including phenoxy) is 1. The lowest BCUT2D eigenvalue weighted by atomic mass is 9.76. The van der Waals surface area contributed by atoms with Crippen LogP contribution in [0.3, 0.4) is 0 Å². The van der Waals surface area contributed by atoms with E-state index in [0.29, 0.717) is 12.5 Å². The zero-order valence-electron chi connectivity index (χ0n) is 12.7. The van der Waals surface area contributed by atoms with Gasteiger partial charge in [-0.15, -0.1) is 0 Å². The predicted molar refractivity (Wildman–Crippen MR) is 79.5 cm³/mol. The molecule has 2 heterocycles. The second-order valence-electron chi connectivity index (χ2n) is 7.30. The van der Waals surface area contributed by atoms with Crippen molar-refractivity contribution in [2.75, 3.05) is 0 Å². The summed E-state index contributed by atoms with van der Waals surface area (Å²) < 4.78 is 6.39. The highest BCUT2D eigenvalue weighted by atomic mass is 16.6. The fourth-order valence-corrected chi connectivity index (χ4v) is 5.85. The number of aliphatic hydroxyl groups is 1. The smallest absolute Gasteiger partial charge is 0.229 e. The molecule has 5 rings (SSSR count). The molecule has 1 aromatic rings. The van der Waals surface area contributed by atoms with Gasteiger partial charge in [-0.3, -0.25) is 4.79 Å². The van der Waals surface area contributed by atoms with E-state index in [0.717, 1.165) is 18.4 Å². The predicted octanol–water partition coefficient (Wildman–Crippen LogP) is 1.78. The number of amides is 1. The van der Waals surface area contributed by atoms with Gasteiger partial charge < -0.3 is 14.7 Å². The van der Waals surface area contributed by atoms with Crippen molar-refractivity contribution in [3.05, 3.63) is 35.9 Å². The van der Waals surface area contributed by atoms with E-state index in [1.807, 2.05) is 23.1 Å². The van der Waals surface area contributed by atoms with Crippen molar-refractivity contribution < 1.29 is 14.6 Å². The number of rotatable bonds is 3. The van der Waals surface area contributed by atoms with Gasteiger partial charge in [0.15, 0.2) is 0 Å². The van der Waals surface area contributed by atoms with Crippen LogP contribution in [-0.4, -0.2) is 33.8 Å². The van der Waals surface area contributed by atoms with Gasteiger partial charge >= 0.3 is 0 Å². The molecule has 2 bridgehead atoms. The first kappa shape index (κ1) is 13.1. The summed E-state index contributed by atoms with van der Waals surface area (Å²) in [6.45, 7) is 2.72. The second-order valence-corrected chi connectivity index (χ2v) is 7.30. The van der Waals surface area contributed by atoms with Gasteiger partial charge in [0.1, 0.15) is 5.72 Å². The Bertz CT molecular complexity index is 632. The number of nitrogens with zero attached hydrogens (tertiary/aromatic N) is 1. The number of carbonyl (C=O) groups is 1. The summed E-state index contributed by atoms with van der Waals surface area (Å²) >= 11 is 0. The minimum atomic E-state index is -0.487. The third kappa shape index (κ3) is 1.30. The first-order chi connectivity index (χ1) is 10.7. The highest BCUT2D eigenvalue weighted by Gasteiger charge is 2.77. The highest BCUT2D eigenvalue weighted by molar-refractivity contribution is 5.84. The van der Waals surface area contributed by atoms with Crippen LogP contribution in [0.25, 0.3) is 0 Å². The molecule has 2 saturated carbocycles. The lowest BCUT2D eigenvalue weighted by Gasteiger charge is -2.38. The maximum atomic E-state index is 13.1. The van der Waals surface area contributed by atoms with E-state index >= 15 is 0 Å². The maximum absolute atomic E-state index is 13.1. The number of carbonyl (C=O) groups excluding carboxylic acids is 1. The second kappa shape index (κ2) is 4.12. The number of hydrogen-bond donors (Lipinski definition) is 1. The zero-order chi connectivity index (χ0) is 15.1. The summed E-state index contributed by atoms with van der Waals surface area (Å²) in [7, 11) is 0. The van der Waals surface area contributed by atoms with Crippen LogP contribution in [0.1, 0.15) is 25.3 Å². The van der Waals surface area contributed by atoms with Gasteiger partial charge in [0.2, 0.25) is 5.91 Å². The summed E-state index contributed by atoms with van der Waals surface area (Å²) in [5, 5.41) is 10.4. The largest absolute Gasteiger partial charge is 0.390 e. The van der Waals surface area contributed by atoms with Crippen molar-refractivity contribution in [1.82, 2.24) is 4.90 Å². The SMILES string of the molecule is CC[C@]12O[C@@H]3[C@H](O)[C@H]4C[C@H]3[C@H]1[C@@H]4C(=O)N2Cc1ccccc1. The van der Waals surface area contributed by atoms with Crippen molar-refractivity contribution >= 4 is 5.91 Å². The van der Waals surface area contributed by atoms with E-state index < -0.39 is 11.8 Å². The molecule has 4 nitrogen and oxygen atoms in total. The maximum Gasteiger partial charge on any atom is 0.229 e. The lowest BCUT2D eigenvalue weighted by Crippen LogP contribution is -2.50. The molecule has 0 radical (unpaired) electrons. The first-order valence-corrected chi connectivity index (χ1v) is 8.38. The first-order valence-electron chi connectivity index (χ1n) is 8.38. The van der Waals surface area contributed by atoms with E-state index in [9.17, 15) is 9.90 Å². The van der Waals surface area contributed by atoms with Crippen LogP contribution in [0.5, 0.6) is 0 Å². The van der Waals surface area contributed by atoms with Crippen LogP contribution in [-0.2, 0) is 16.1 Å². The van der Waals surface area contributed by atoms with Gasteiger partial charge in [-0.25, -0.2) is 0 Å². The molecule has 116 valence electrons. The molecular formula is C18H21NO3. The standard InChI is InChI=1S/C18H21NO3/c1-2-18-14-12-8-11(15(20)16(12)22-18)13(14)17(21)19(18)9-10-6-4-3-5-7-10/h3-7,11-16,20H,2,8-9H2,1H3/t11-,12-,13+,14-,15+,16-,18-/m0/s1. The minimum absolute atomic E-state index is 0.0255. The Morgan fingerprint density at radius 3 is 2.82 bits per heavy atom. The van der Waals surface area contributed by atoms with Gasteiger partial charge in [-0.2, -0.15) is 0 Å². The molecule has 2 aliphatic carbocycles. The molecule has 1 aromatic carbocycles. The molecule has 2 saturated heterocycles. The fourth-order valence-electron chi connectivity index (χ4n) is 5.85. The van der Waals surface area contributed by atoms with Gasteiger partial charge in [0, 0.05) is 12.5 Å². The number of aliphatic hydroxyl groups excluding tert-OH is 1. The van der Waals surface area contributed by atoms with E-state index in [1.54, 1.807) is 0 Å². The van der Waals surface area contributed by atoms with Crippen molar-refractivity contribution in [2.45, 2.75) is 44.2 Å². The van der Waals surface area contributed by atoms with Crippen molar-refractivity contribution in [2.24, 2.45) is 23.7 Å². The lowest BCUT2D eigenvalue weighted by molar-refractivity contribution is -0.181. The van der Waals surface area contributed by atoms with Crippen molar-refractivity contribution in [3.63, 3.8) is 0 Å². The molecule has 22 heavy (non-hydrogen) atoms. The Morgan fingerprint density at radius 2 is 2.09 bits per heavy atom. The summed E-state index contributed by atoms with van der Waals surface area (Å²) in [6.07, 6.45) is 1.27. The van der Waals surface area contributed by atoms with Crippen LogP contribution >= 0.6 is 0 Å². The molecule has 1 amide bonds. The number of likely N-dealkylation sites (tertiary alicyclic amines) is 1. The quantitative estimate of drug-likeness (QED) is 0.925. The normalized spacial score (nSPS) is 47.7. The Morgan fingerprint density at radius 1 is 1.32 bits per heavy atom. The summed E-state index contributed by atoms with van der Waals surface area (Å²) in [4.78, 5) is 15.0. The Balaban J connectivity index is 1.57. The molecule has 1 N–H and O–H groups in total. The zero-order valence-corrected chi connectivity index (χ0v) is 12.7. The Hall–Kier alpha value is -1.39. The fraction of sp³-hybridized carbons (Fsp3) is 0.611. The molecule has 0 spiro atoms.